The van der Waals surface area contributed by atoms with Crippen LogP contribution < -0.4 is 10.1 Å². The number of rotatable bonds is 4. The van der Waals surface area contributed by atoms with E-state index in [0.29, 0.717) is 55.6 Å². The smallest absolute Gasteiger partial charge is 0.227 e. The number of halogens is 1. The summed E-state index contributed by atoms with van der Waals surface area (Å²) in [6.45, 7) is 4.48. The molecule has 1 aromatic carbocycles. The highest BCUT2D eigenvalue weighted by molar-refractivity contribution is 6.31. The van der Waals surface area contributed by atoms with Crippen molar-refractivity contribution >= 4 is 29.1 Å². The number of amides is 2. The van der Waals surface area contributed by atoms with Crippen molar-refractivity contribution in [2.75, 3.05) is 38.7 Å². The third-order valence-electron chi connectivity index (χ3n) is 5.49. The third kappa shape index (κ3) is 4.74. The minimum atomic E-state index is -0.107. The molecule has 3 rings (SSSR count). The number of carbonyl (C=O) groups is 2. The lowest BCUT2D eigenvalue weighted by Crippen LogP contribution is -2.45. The molecule has 0 atom stereocenters. The number of anilines is 1. The molecule has 148 valence electrons. The minimum Gasteiger partial charge on any atom is -0.495 e. The Morgan fingerprint density at radius 1 is 1.15 bits per heavy atom. The van der Waals surface area contributed by atoms with Crippen LogP contribution in [-0.2, 0) is 14.3 Å². The number of nitrogens with zero attached hydrogens (tertiary/aromatic N) is 1. The number of methoxy groups -OCH3 is 1. The van der Waals surface area contributed by atoms with E-state index in [0.717, 1.165) is 18.4 Å². The molecule has 0 spiro atoms. The van der Waals surface area contributed by atoms with Crippen LogP contribution in [0.15, 0.2) is 12.1 Å². The van der Waals surface area contributed by atoms with Crippen LogP contribution in [0.1, 0.15) is 31.2 Å². The summed E-state index contributed by atoms with van der Waals surface area (Å²) < 4.78 is 10.7. The summed E-state index contributed by atoms with van der Waals surface area (Å²) in [5, 5.41) is 3.57. The van der Waals surface area contributed by atoms with Crippen molar-refractivity contribution in [3.63, 3.8) is 0 Å². The van der Waals surface area contributed by atoms with Gasteiger partial charge in [0.25, 0.3) is 0 Å². The number of aryl methyl sites for hydroxylation is 1. The van der Waals surface area contributed by atoms with Crippen LogP contribution in [0.25, 0.3) is 0 Å². The maximum absolute atomic E-state index is 12.7. The largest absolute Gasteiger partial charge is 0.495 e. The first-order valence-electron chi connectivity index (χ1n) is 9.51. The summed E-state index contributed by atoms with van der Waals surface area (Å²) in [5.74, 6) is 0.696. The quantitative estimate of drug-likeness (QED) is 0.851. The fraction of sp³-hybridized carbons (Fsp3) is 0.600. The molecule has 2 amide bonds. The van der Waals surface area contributed by atoms with Crippen molar-refractivity contribution in [1.82, 2.24) is 4.90 Å². The molecule has 0 aliphatic carbocycles. The van der Waals surface area contributed by atoms with Crippen LogP contribution in [0.5, 0.6) is 5.75 Å². The van der Waals surface area contributed by atoms with Gasteiger partial charge >= 0.3 is 0 Å². The molecule has 1 N–H and O–H groups in total. The fourth-order valence-electron chi connectivity index (χ4n) is 3.73. The van der Waals surface area contributed by atoms with Crippen molar-refractivity contribution in [1.29, 1.82) is 0 Å². The molecule has 0 radical (unpaired) electrons. The Balaban J connectivity index is 1.56. The molecule has 0 saturated carbocycles. The zero-order valence-corrected chi connectivity index (χ0v) is 16.7. The number of benzene rings is 1. The van der Waals surface area contributed by atoms with Gasteiger partial charge in [0.2, 0.25) is 11.8 Å². The monoisotopic (exact) mass is 394 g/mol. The van der Waals surface area contributed by atoms with Crippen LogP contribution >= 0.6 is 11.6 Å². The molecule has 0 bridgehead atoms. The predicted molar refractivity (Wildman–Crippen MR) is 104 cm³/mol. The number of ether oxygens (including phenoxy) is 2. The lowest BCUT2D eigenvalue weighted by Gasteiger charge is -2.34. The number of hydrogen-bond acceptors (Lipinski definition) is 4. The second kappa shape index (κ2) is 8.93. The van der Waals surface area contributed by atoms with Gasteiger partial charge in [-0.2, -0.15) is 0 Å². The van der Waals surface area contributed by atoms with E-state index in [-0.39, 0.29) is 23.7 Å². The van der Waals surface area contributed by atoms with Gasteiger partial charge < -0.3 is 19.7 Å². The zero-order valence-electron chi connectivity index (χ0n) is 15.9. The Hall–Kier alpha value is -1.79. The second-order valence-corrected chi connectivity index (χ2v) is 7.68. The maximum Gasteiger partial charge on any atom is 0.227 e. The van der Waals surface area contributed by atoms with Crippen LogP contribution in [-0.4, -0.2) is 50.1 Å². The number of nitrogens with one attached hydrogen (secondary N) is 1. The van der Waals surface area contributed by atoms with Gasteiger partial charge in [0, 0.05) is 49.2 Å². The van der Waals surface area contributed by atoms with E-state index < -0.39 is 0 Å². The Kier molecular flexibility index (Phi) is 6.60. The Bertz CT molecular complexity index is 695. The van der Waals surface area contributed by atoms with Gasteiger partial charge in [-0.25, -0.2) is 0 Å². The molecule has 0 aromatic heterocycles. The predicted octanol–water partition coefficient (Wildman–Crippen LogP) is 3.26. The number of carbonyl (C=O) groups excluding carboxylic acids is 2. The molecule has 7 heteroatoms. The van der Waals surface area contributed by atoms with E-state index in [1.54, 1.807) is 13.2 Å². The molecule has 0 unspecified atom stereocenters. The van der Waals surface area contributed by atoms with Gasteiger partial charge in [0.05, 0.1) is 12.8 Å². The molecule has 6 nitrogen and oxygen atoms in total. The summed E-state index contributed by atoms with van der Waals surface area (Å²) >= 11 is 6.12. The first-order valence-corrected chi connectivity index (χ1v) is 9.89. The van der Waals surface area contributed by atoms with Gasteiger partial charge in [-0.15, -0.1) is 0 Å². The Morgan fingerprint density at radius 3 is 2.44 bits per heavy atom. The van der Waals surface area contributed by atoms with Crippen LogP contribution in [0.4, 0.5) is 5.69 Å². The van der Waals surface area contributed by atoms with Crippen molar-refractivity contribution in [3.05, 3.63) is 22.7 Å². The molecule has 2 aliphatic rings. The summed E-state index contributed by atoms with van der Waals surface area (Å²) in [6.07, 6.45) is 2.95. The Morgan fingerprint density at radius 2 is 1.81 bits per heavy atom. The van der Waals surface area contributed by atoms with Gasteiger partial charge in [-0.1, -0.05) is 11.6 Å². The summed E-state index contributed by atoms with van der Waals surface area (Å²) in [6, 6.07) is 3.53. The minimum absolute atomic E-state index is 0.0341. The van der Waals surface area contributed by atoms with E-state index >= 15 is 0 Å². The Labute approximate surface area is 165 Å². The molecule has 27 heavy (non-hydrogen) atoms. The summed E-state index contributed by atoms with van der Waals surface area (Å²) in [5.41, 5.74) is 1.51. The lowest BCUT2D eigenvalue weighted by molar-refractivity contribution is -0.141. The zero-order chi connectivity index (χ0) is 19.4. The van der Waals surface area contributed by atoms with Crippen LogP contribution in [0.2, 0.25) is 5.02 Å². The maximum atomic E-state index is 12.7. The summed E-state index contributed by atoms with van der Waals surface area (Å²) in [4.78, 5) is 27.2. The standard InChI is InChI=1S/C20H27ClN2O4/c1-13-11-17(18(26-2)12-16(13)21)22-19(24)14-3-7-23(8-4-14)20(25)15-5-9-27-10-6-15/h11-12,14-15H,3-10H2,1-2H3,(H,22,24). The third-order valence-corrected chi connectivity index (χ3v) is 5.89. The first-order chi connectivity index (χ1) is 13.0. The van der Waals surface area contributed by atoms with E-state index in [9.17, 15) is 9.59 Å². The van der Waals surface area contributed by atoms with Crippen molar-refractivity contribution < 1.29 is 19.1 Å². The normalized spacial score (nSPS) is 19.0. The van der Waals surface area contributed by atoms with Gasteiger partial charge in [-0.3, -0.25) is 9.59 Å². The average Bonchev–Trinajstić information content (AvgIpc) is 2.70. The first kappa shape index (κ1) is 20.0. The highest BCUT2D eigenvalue weighted by Gasteiger charge is 2.31. The van der Waals surface area contributed by atoms with Crippen LogP contribution in [0.3, 0.4) is 0 Å². The van der Waals surface area contributed by atoms with Gasteiger partial charge in [0.15, 0.2) is 0 Å². The molecule has 2 saturated heterocycles. The lowest BCUT2D eigenvalue weighted by atomic mass is 9.93. The molecule has 1 aromatic rings. The molecule has 2 fully saturated rings. The molecule has 2 aliphatic heterocycles. The highest BCUT2D eigenvalue weighted by atomic mass is 35.5. The number of likely N-dealkylation sites (tertiary alicyclic amines) is 1. The average molecular weight is 395 g/mol. The summed E-state index contributed by atoms with van der Waals surface area (Å²) in [7, 11) is 1.55. The topological polar surface area (TPSA) is 67.9 Å². The SMILES string of the molecule is COc1cc(Cl)c(C)cc1NC(=O)C1CCN(C(=O)C2CCOCC2)CC1. The van der Waals surface area contributed by atoms with E-state index in [4.69, 9.17) is 21.1 Å². The van der Waals surface area contributed by atoms with Gasteiger partial charge in [-0.05, 0) is 44.2 Å². The second-order valence-electron chi connectivity index (χ2n) is 7.28. The van der Waals surface area contributed by atoms with E-state index in [1.807, 2.05) is 17.9 Å². The fourth-order valence-corrected chi connectivity index (χ4v) is 3.88. The molecular formula is C20H27ClN2O4. The van der Waals surface area contributed by atoms with E-state index in [1.165, 1.54) is 0 Å². The van der Waals surface area contributed by atoms with Crippen molar-refractivity contribution in [3.8, 4) is 5.75 Å². The number of hydrogen-bond donors (Lipinski definition) is 1. The van der Waals surface area contributed by atoms with Crippen LogP contribution in [0, 0.1) is 18.8 Å². The van der Waals surface area contributed by atoms with Crippen molar-refractivity contribution in [2.45, 2.75) is 32.6 Å². The van der Waals surface area contributed by atoms with Gasteiger partial charge in [0.1, 0.15) is 5.75 Å². The highest BCUT2D eigenvalue weighted by Crippen LogP contribution is 2.32. The van der Waals surface area contributed by atoms with E-state index in [2.05, 4.69) is 5.32 Å². The number of piperidine rings is 1. The van der Waals surface area contributed by atoms with Crippen molar-refractivity contribution in [2.24, 2.45) is 11.8 Å². The molecular weight excluding hydrogens is 368 g/mol. The molecule has 2 heterocycles.